The molecule has 4 nitrogen and oxygen atoms in total. The van der Waals surface area contributed by atoms with Gasteiger partial charge < -0.3 is 5.32 Å². The van der Waals surface area contributed by atoms with Crippen molar-refractivity contribution in [3.05, 3.63) is 0 Å². The molecule has 0 aromatic heterocycles. The molecule has 0 aliphatic carbocycles. The van der Waals surface area contributed by atoms with Crippen LogP contribution in [0.25, 0.3) is 0 Å². The Kier molecular flexibility index (Phi) is 5.13. The summed E-state index contributed by atoms with van der Waals surface area (Å²) >= 11 is 0. The van der Waals surface area contributed by atoms with Crippen molar-refractivity contribution in [2.24, 2.45) is 5.41 Å². The van der Waals surface area contributed by atoms with Crippen molar-refractivity contribution in [1.29, 1.82) is 0 Å². The van der Waals surface area contributed by atoms with Gasteiger partial charge >= 0.3 is 0 Å². The van der Waals surface area contributed by atoms with Crippen molar-refractivity contribution >= 4 is 15.6 Å². The Labute approximate surface area is 104 Å². The molecule has 1 N–H and O–H groups in total. The summed E-state index contributed by atoms with van der Waals surface area (Å²) < 4.78 is 22.8. The van der Waals surface area contributed by atoms with Gasteiger partial charge in [-0.05, 0) is 19.4 Å². The molecule has 1 aliphatic heterocycles. The third-order valence-electron chi connectivity index (χ3n) is 3.64. The monoisotopic (exact) mass is 261 g/mol. The zero-order valence-corrected chi connectivity index (χ0v) is 11.6. The van der Waals surface area contributed by atoms with E-state index in [9.17, 15) is 13.2 Å². The molecule has 5 heteroatoms. The minimum Gasteiger partial charge on any atom is -0.316 e. The molecule has 0 aromatic carbocycles. The topological polar surface area (TPSA) is 63.2 Å². The first-order chi connectivity index (χ1) is 7.96. The molecular weight excluding hydrogens is 238 g/mol. The quantitative estimate of drug-likeness (QED) is 0.747. The van der Waals surface area contributed by atoms with E-state index in [0.29, 0.717) is 6.54 Å². The van der Waals surface area contributed by atoms with Gasteiger partial charge in [-0.15, -0.1) is 0 Å². The second-order valence-corrected chi connectivity index (χ2v) is 7.34. The average molecular weight is 261 g/mol. The van der Waals surface area contributed by atoms with Crippen LogP contribution in [0.3, 0.4) is 0 Å². The van der Waals surface area contributed by atoms with Gasteiger partial charge in [0.25, 0.3) is 0 Å². The summed E-state index contributed by atoms with van der Waals surface area (Å²) in [5.74, 6) is 0.258. The van der Waals surface area contributed by atoms with Gasteiger partial charge in [0.15, 0.2) is 0 Å². The van der Waals surface area contributed by atoms with Crippen LogP contribution in [0.1, 0.15) is 39.5 Å². The van der Waals surface area contributed by atoms with Crippen molar-refractivity contribution < 1.29 is 13.2 Å². The summed E-state index contributed by atoms with van der Waals surface area (Å²) in [6, 6.07) is 0. The van der Waals surface area contributed by atoms with Gasteiger partial charge in [0.05, 0.1) is 5.75 Å². The minimum atomic E-state index is -3.03. The summed E-state index contributed by atoms with van der Waals surface area (Å²) in [7, 11) is -3.03. The normalized spacial score (nSPS) is 25.1. The summed E-state index contributed by atoms with van der Waals surface area (Å²) in [5.41, 5.74) is -0.294. The molecule has 0 amide bonds. The molecule has 1 heterocycles. The van der Waals surface area contributed by atoms with Crippen molar-refractivity contribution in [1.82, 2.24) is 5.32 Å². The Morgan fingerprint density at radius 1 is 1.35 bits per heavy atom. The van der Waals surface area contributed by atoms with Crippen molar-refractivity contribution in [3.63, 3.8) is 0 Å². The molecule has 1 unspecified atom stereocenters. The Hall–Kier alpha value is -0.420. The number of rotatable bonds is 7. The average Bonchev–Trinajstić information content (AvgIpc) is 2.76. The Morgan fingerprint density at radius 2 is 2.06 bits per heavy atom. The predicted octanol–water partition coefficient (Wildman–Crippen LogP) is 1.16. The molecule has 17 heavy (non-hydrogen) atoms. The fraction of sp³-hybridized carbons (Fsp3) is 0.917. The van der Waals surface area contributed by atoms with Crippen LogP contribution < -0.4 is 5.32 Å². The summed E-state index contributed by atoms with van der Waals surface area (Å²) in [6.45, 7) is 5.27. The predicted molar refractivity (Wildman–Crippen MR) is 68.8 cm³/mol. The lowest BCUT2D eigenvalue weighted by atomic mass is 9.77. The standard InChI is InChI=1S/C12H23NO3S/c1-3-6-12(7-8-13-10-12)11(14)5-9-17(15,16)4-2/h13H,3-10H2,1-2H3. The molecule has 1 aliphatic rings. The largest absolute Gasteiger partial charge is 0.316 e. The van der Waals surface area contributed by atoms with Crippen LogP contribution in [0.15, 0.2) is 0 Å². The highest BCUT2D eigenvalue weighted by molar-refractivity contribution is 7.91. The Balaban J connectivity index is 2.61. The van der Waals surface area contributed by atoms with Crippen LogP contribution in [-0.2, 0) is 14.6 Å². The van der Waals surface area contributed by atoms with E-state index in [-0.39, 0.29) is 29.1 Å². The van der Waals surface area contributed by atoms with Crippen LogP contribution in [0.2, 0.25) is 0 Å². The van der Waals surface area contributed by atoms with Crippen LogP contribution in [0, 0.1) is 5.41 Å². The molecule has 1 atom stereocenters. The second-order valence-electron chi connectivity index (χ2n) is 4.87. The van der Waals surface area contributed by atoms with Crippen molar-refractivity contribution in [2.45, 2.75) is 39.5 Å². The highest BCUT2D eigenvalue weighted by atomic mass is 32.2. The van der Waals surface area contributed by atoms with Gasteiger partial charge in [-0.1, -0.05) is 20.3 Å². The molecule has 0 bridgehead atoms. The number of carbonyl (C=O) groups excluding carboxylic acids is 1. The van der Waals surface area contributed by atoms with Gasteiger partial charge in [-0.25, -0.2) is 8.42 Å². The third-order valence-corrected chi connectivity index (χ3v) is 5.35. The number of carbonyl (C=O) groups is 1. The number of Topliss-reactive ketones (excluding diaryl/α,β-unsaturated/α-hetero) is 1. The smallest absolute Gasteiger partial charge is 0.150 e. The molecule has 0 spiro atoms. The maximum Gasteiger partial charge on any atom is 0.150 e. The van der Waals surface area contributed by atoms with Crippen molar-refractivity contribution in [3.8, 4) is 0 Å². The minimum absolute atomic E-state index is 0.00774. The van der Waals surface area contributed by atoms with Crippen LogP contribution >= 0.6 is 0 Å². The van der Waals surface area contributed by atoms with E-state index < -0.39 is 9.84 Å². The lowest BCUT2D eigenvalue weighted by Crippen LogP contribution is -2.34. The lowest BCUT2D eigenvalue weighted by molar-refractivity contribution is -0.127. The van der Waals surface area contributed by atoms with E-state index in [1.165, 1.54) is 0 Å². The number of ketones is 1. The van der Waals surface area contributed by atoms with E-state index in [1.54, 1.807) is 6.92 Å². The second kappa shape index (κ2) is 5.96. The summed E-state index contributed by atoms with van der Waals surface area (Å²) in [6.07, 6.45) is 2.86. The molecule has 100 valence electrons. The highest BCUT2D eigenvalue weighted by Gasteiger charge is 2.39. The fourth-order valence-corrected chi connectivity index (χ4v) is 3.26. The first kappa shape index (κ1) is 14.6. The molecular formula is C12H23NO3S. The lowest BCUT2D eigenvalue weighted by Gasteiger charge is -2.26. The van der Waals surface area contributed by atoms with Crippen molar-refractivity contribution in [2.75, 3.05) is 24.6 Å². The van der Waals surface area contributed by atoms with E-state index in [2.05, 4.69) is 12.2 Å². The van der Waals surface area contributed by atoms with E-state index in [1.807, 2.05) is 0 Å². The summed E-state index contributed by atoms with van der Waals surface area (Å²) in [5, 5.41) is 3.22. The van der Waals surface area contributed by atoms with Crippen LogP contribution in [-0.4, -0.2) is 38.8 Å². The molecule has 0 saturated carbocycles. The molecule has 0 radical (unpaired) electrons. The first-order valence-electron chi connectivity index (χ1n) is 6.40. The molecule has 1 fully saturated rings. The van der Waals surface area contributed by atoms with Crippen LogP contribution in [0.4, 0.5) is 0 Å². The number of hydrogen-bond acceptors (Lipinski definition) is 4. The van der Waals surface area contributed by atoms with Crippen LogP contribution in [0.5, 0.6) is 0 Å². The third kappa shape index (κ3) is 3.78. The van der Waals surface area contributed by atoms with E-state index >= 15 is 0 Å². The number of sulfone groups is 1. The molecule has 1 rings (SSSR count). The Bertz CT molecular complexity index is 356. The number of nitrogens with one attached hydrogen (secondary N) is 1. The van der Waals surface area contributed by atoms with Gasteiger partial charge in [-0.2, -0.15) is 0 Å². The zero-order valence-electron chi connectivity index (χ0n) is 10.8. The number of hydrogen-bond donors (Lipinski definition) is 1. The van der Waals surface area contributed by atoms with Gasteiger partial charge in [0.2, 0.25) is 0 Å². The maximum atomic E-state index is 12.2. The molecule has 1 saturated heterocycles. The highest BCUT2D eigenvalue weighted by Crippen LogP contribution is 2.33. The summed E-state index contributed by atoms with van der Waals surface area (Å²) in [4.78, 5) is 12.2. The molecule has 0 aromatic rings. The maximum absolute atomic E-state index is 12.2. The van der Waals surface area contributed by atoms with Gasteiger partial charge in [0, 0.05) is 24.1 Å². The van der Waals surface area contributed by atoms with Gasteiger partial charge in [-0.3, -0.25) is 4.79 Å². The fourth-order valence-electron chi connectivity index (χ4n) is 2.47. The Morgan fingerprint density at radius 3 is 2.53 bits per heavy atom. The van der Waals surface area contributed by atoms with E-state index in [4.69, 9.17) is 0 Å². The van der Waals surface area contributed by atoms with E-state index in [0.717, 1.165) is 25.8 Å². The zero-order chi connectivity index (χ0) is 12.9. The van der Waals surface area contributed by atoms with Gasteiger partial charge in [0.1, 0.15) is 15.6 Å². The SMILES string of the molecule is CCCC1(C(=O)CCS(=O)(=O)CC)CCNC1. The first-order valence-corrected chi connectivity index (χ1v) is 8.22.